The molecule has 0 spiro atoms. The number of hydrogen-bond acceptors (Lipinski definition) is 29. The first kappa shape index (κ1) is 52.6. The van der Waals surface area contributed by atoms with Gasteiger partial charge in [0.2, 0.25) is 0 Å². The van der Waals surface area contributed by atoms with Crippen LogP contribution in [0, 0.1) is 0 Å². The van der Waals surface area contributed by atoms with Crippen molar-refractivity contribution in [1.29, 1.82) is 0 Å². The molecule has 32 nitrogen and oxygen atoms in total. The lowest BCUT2D eigenvalue weighted by Crippen LogP contribution is -2.39. The van der Waals surface area contributed by atoms with E-state index in [1.54, 1.807) is 0 Å². The largest absolute Gasteiger partial charge is 0.439 e. The molecule has 0 radical (unpaired) electrons. The van der Waals surface area contributed by atoms with E-state index in [0.29, 0.717) is 0 Å². The topological polar surface area (TPSA) is 419 Å². The maximum atomic E-state index is 14.6. The van der Waals surface area contributed by atoms with E-state index in [1.165, 1.54) is 78.8 Å². The number of carbonyl (C=O) groups is 1. The van der Waals surface area contributed by atoms with Crippen molar-refractivity contribution in [2.75, 3.05) is 77.6 Å². The Kier molecular flexibility index (Phi) is 15.0. The molecule has 3 fully saturated rings. The Labute approximate surface area is 413 Å². The molecule has 8 N–H and O–H groups in total. The molecule has 35 heteroatoms. The number of ether oxygens (including phenoxy) is 6. The monoisotopic (exact) mass is 1080 g/mol. The number of nitrogens with two attached hydrogens (primary N) is 3. The number of hydrogen-bond donors (Lipinski definition) is 5. The minimum absolute atomic E-state index is 0.0147. The van der Waals surface area contributed by atoms with Crippen LogP contribution in [0.3, 0.4) is 0 Å². The highest BCUT2D eigenvalue weighted by Gasteiger charge is 2.54. The summed E-state index contributed by atoms with van der Waals surface area (Å²) in [4.78, 5) is 49.6. The van der Waals surface area contributed by atoms with Gasteiger partial charge >= 0.3 is 21.2 Å². The number of carbonyl (C=O) groups excluding carboxylic acids is 1. The van der Waals surface area contributed by atoms with Gasteiger partial charge in [-0.2, -0.15) is 0 Å². The van der Waals surface area contributed by atoms with Gasteiger partial charge in [-0.1, -0.05) is 0 Å². The van der Waals surface area contributed by atoms with Gasteiger partial charge in [-0.25, -0.2) is 44.9 Å². The number of nitrogen functional groups attached to an aromatic ring is 3. The molecule has 8 unspecified atom stereocenters. The lowest BCUT2D eigenvalue weighted by Gasteiger charge is -2.29. The zero-order valence-corrected chi connectivity index (χ0v) is 42.4. The van der Waals surface area contributed by atoms with Crippen LogP contribution >= 0.6 is 22.6 Å². The summed E-state index contributed by atoms with van der Waals surface area (Å²) in [6.07, 6.45) is -7.89. The lowest BCUT2D eigenvalue weighted by molar-refractivity contribution is -0.165. The molecule has 0 aromatic carbocycles. The fourth-order valence-corrected chi connectivity index (χ4v) is 11.3. The Morgan fingerprint density at radius 1 is 0.589 bits per heavy atom. The average Bonchev–Trinajstić information content (AvgIpc) is 4.19. The van der Waals surface area contributed by atoms with Gasteiger partial charge in [-0.05, 0) is 0 Å². The molecule has 9 heterocycles. The van der Waals surface area contributed by atoms with E-state index >= 15 is 0 Å². The predicted octanol–water partition coefficient (Wildman–Crippen LogP) is 0.591. The first-order valence-electron chi connectivity index (χ1n) is 22.0. The van der Waals surface area contributed by atoms with Crippen LogP contribution in [0.5, 0.6) is 0 Å². The molecule has 3 aliphatic rings. The number of nitrogens with zero attached hydrogens (tertiary/aromatic N) is 12. The molecule has 396 valence electrons. The second kappa shape index (κ2) is 20.8. The van der Waals surface area contributed by atoms with Gasteiger partial charge in [0.25, 0.3) is 0 Å². The van der Waals surface area contributed by atoms with E-state index in [0.717, 1.165) is 13.6 Å². The van der Waals surface area contributed by atoms with Crippen LogP contribution in [0.4, 0.5) is 17.5 Å². The van der Waals surface area contributed by atoms with Crippen LogP contribution in [0.2, 0.25) is 0 Å². The molecule has 9 rings (SSSR count). The summed E-state index contributed by atoms with van der Waals surface area (Å²) >= 11 is 0. The number of rotatable bonds is 20. The Hall–Kier alpha value is -5.27. The van der Waals surface area contributed by atoms with Gasteiger partial charge in [0, 0.05) is 40.7 Å². The number of imidazole rings is 3. The maximum absolute atomic E-state index is 14.6. The number of methoxy groups -OCH3 is 1. The number of anilines is 3. The summed E-state index contributed by atoms with van der Waals surface area (Å²) in [5.41, 5.74) is 19.4. The zero-order chi connectivity index (χ0) is 52.1. The number of esters is 1. The molecule has 0 bridgehead atoms. The van der Waals surface area contributed by atoms with Crippen molar-refractivity contribution in [2.45, 2.75) is 80.5 Å². The van der Waals surface area contributed by atoms with Crippen molar-refractivity contribution in [3.05, 3.63) is 38.0 Å². The molecular weight excluding hydrogens is 1030 g/mol. The Morgan fingerprint density at radius 3 is 1.45 bits per heavy atom. The van der Waals surface area contributed by atoms with E-state index in [1.807, 2.05) is 0 Å². The third-order valence-corrected chi connectivity index (χ3v) is 15.1. The van der Waals surface area contributed by atoms with Gasteiger partial charge in [0.1, 0.15) is 90.5 Å². The van der Waals surface area contributed by atoms with E-state index in [9.17, 15) is 28.7 Å². The van der Waals surface area contributed by atoms with Gasteiger partial charge in [-0.15, -0.1) is 0 Å². The fourth-order valence-electron chi connectivity index (χ4n) is 8.48. The summed E-state index contributed by atoms with van der Waals surface area (Å²) in [6.45, 7) is 4.25. The molecule has 0 aliphatic carbocycles. The first-order valence-corrected chi connectivity index (χ1v) is 28.5. The highest BCUT2D eigenvalue weighted by Crippen LogP contribution is 2.54. The van der Waals surface area contributed by atoms with E-state index in [4.69, 9.17) is 68.2 Å². The van der Waals surface area contributed by atoms with Gasteiger partial charge < -0.3 is 69.4 Å². The van der Waals surface area contributed by atoms with E-state index in [2.05, 4.69) is 44.9 Å². The summed E-state index contributed by atoms with van der Waals surface area (Å²) < 4.78 is 112. The highest BCUT2D eigenvalue weighted by molar-refractivity contribution is 7.57. The predicted molar refractivity (Wildman–Crippen MR) is 249 cm³/mol. The van der Waals surface area contributed by atoms with Crippen molar-refractivity contribution < 1.29 is 79.7 Å². The third kappa shape index (κ3) is 11.0. The summed E-state index contributed by atoms with van der Waals surface area (Å²) in [5.74, 6) is -0.545. The highest BCUT2D eigenvalue weighted by atomic mass is 31.2. The molecule has 6 aromatic heterocycles. The smallest absolute Gasteiger partial charge is 0.328 e. The van der Waals surface area contributed by atoms with Crippen LogP contribution in [0.25, 0.3) is 33.5 Å². The zero-order valence-electron chi connectivity index (χ0n) is 39.7. The Balaban J connectivity index is 0.976. The number of aliphatic hydroxyl groups excluding tert-OH is 2. The molecule has 14 atom stereocenters. The third-order valence-electron chi connectivity index (χ3n) is 11.8. The second-order valence-electron chi connectivity index (χ2n) is 17.3. The number of fused-ring (bicyclic) bond motifs is 3. The molecule has 3 saturated heterocycles. The Bertz CT molecular complexity index is 3120. The van der Waals surface area contributed by atoms with Crippen LogP contribution in [-0.2, 0) is 69.5 Å². The van der Waals surface area contributed by atoms with Crippen molar-refractivity contribution in [1.82, 2.24) is 58.6 Å². The van der Waals surface area contributed by atoms with Crippen LogP contribution < -0.4 is 17.2 Å². The fraction of sp³-hybridized carbons (Fsp3) is 0.579. The normalized spacial score (nSPS) is 29.3. The van der Waals surface area contributed by atoms with Crippen LogP contribution in [-0.4, -0.2) is 190 Å². The second-order valence-corrected chi connectivity index (χ2v) is 24.1. The molecule has 73 heavy (non-hydrogen) atoms. The van der Waals surface area contributed by atoms with E-state index < -0.39 is 122 Å². The molecule has 0 amide bonds. The Morgan fingerprint density at radius 2 is 1.00 bits per heavy atom. The van der Waals surface area contributed by atoms with Crippen molar-refractivity contribution in [2.24, 2.45) is 0 Å². The van der Waals surface area contributed by atoms with Crippen molar-refractivity contribution in [3.8, 4) is 0 Å². The lowest BCUT2D eigenvalue weighted by atomic mass is 10.1. The number of aliphatic hydroxyl groups is 2. The standard InChI is InChI=1S/C38H52N15O17P3/c1-17(54)61-16-62-27-20(9-65-73(6,59)69-28-26(60-2)19(8-63-71(3,4)57)67-37(28)52-14-49-22-31(40)43-11-46-34(22)52)68-38(53-15-50-23-32(41)44-12-47-35(23)53)29(27)70-72(5,58)64-7-18-24(55)25(56)36(66-18)51-13-48-21-30(39)42-10-45-33(21)51/h10-15,18-20,24-29,36-38,55-56H,7-9,16H2,1-6H3,(H2,39,42,45)(H2,40,43,46)(H2,41,44,47)/t18-,19-,20-,24?,25?,26?,27?,28?,29?,36-,37-,38-,72?,73?/m1/s1. The van der Waals surface area contributed by atoms with Gasteiger partial charge in [-0.3, -0.25) is 41.2 Å². The summed E-state index contributed by atoms with van der Waals surface area (Å²) in [7, 11) is -10.3. The molecule has 0 saturated carbocycles. The summed E-state index contributed by atoms with van der Waals surface area (Å²) in [5, 5.41) is 22.2. The maximum Gasteiger partial charge on any atom is 0.328 e. The summed E-state index contributed by atoms with van der Waals surface area (Å²) in [6, 6.07) is 0. The molecule has 3 aliphatic heterocycles. The SMILES string of the molecule is COC1C(OP(C)(=O)OC[C@H]2O[C@@H](n3cnc4c(N)ncnc43)C(OP(C)(=O)OC[C@H]3O[C@@H](n4cnc5c(N)ncnc54)C(O)C3O)C2OCOC(C)=O)[C@H](n2cnc3c(N)ncnc32)O[C@@H]1COP(C)(C)=O. The van der Waals surface area contributed by atoms with Gasteiger partial charge in [0.15, 0.2) is 67.2 Å². The van der Waals surface area contributed by atoms with Crippen molar-refractivity contribution in [3.63, 3.8) is 0 Å². The number of aromatic nitrogens is 12. The van der Waals surface area contributed by atoms with E-state index in [-0.39, 0.29) is 57.6 Å². The molecular formula is C38H52N15O17P3. The van der Waals surface area contributed by atoms with Crippen LogP contribution in [0.15, 0.2) is 38.0 Å². The minimum atomic E-state index is -4.33. The van der Waals surface area contributed by atoms with Crippen molar-refractivity contribution >= 4 is 79.5 Å². The minimum Gasteiger partial charge on any atom is -0.439 e. The van der Waals surface area contributed by atoms with Gasteiger partial charge in [0.05, 0.1) is 38.8 Å². The average molecular weight is 1080 g/mol. The van der Waals surface area contributed by atoms with Crippen LogP contribution in [0.1, 0.15) is 25.6 Å². The first-order chi connectivity index (χ1) is 34.6. The quantitative estimate of drug-likeness (QED) is 0.0397. The molecule has 6 aromatic rings.